The average molecular weight is 296 g/mol. The van der Waals surface area contributed by atoms with E-state index in [1.807, 2.05) is 35.2 Å². The van der Waals surface area contributed by atoms with E-state index in [2.05, 4.69) is 4.98 Å². The van der Waals surface area contributed by atoms with Crippen molar-refractivity contribution >= 4 is 16.7 Å². The molecule has 1 saturated carbocycles. The molecule has 2 heterocycles. The first-order valence-electron chi connectivity index (χ1n) is 8.06. The van der Waals surface area contributed by atoms with Gasteiger partial charge in [0.1, 0.15) is 5.69 Å². The minimum Gasteiger partial charge on any atom is -0.376 e. The zero-order valence-corrected chi connectivity index (χ0v) is 12.6. The van der Waals surface area contributed by atoms with Crippen LogP contribution in [0.15, 0.2) is 36.5 Å². The number of pyridine rings is 1. The first kappa shape index (κ1) is 13.7. The van der Waals surface area contributed by atoms with E-state index in [0.29, 0.717) is 12.2 Å². The van der Waals surface area contributed by atoms with Crippen LogP contribution in [0.4, 0.5) is 0 Å². The third-order valence-electron chi connectivity index (χ3n) is 4.57. The summed E-state index contributed by atoms with van der Waals surface area (Å²) in [7, 11) is 0. The molecule has 1 unspecified atom stereocenters. The van der Waals surface area contributed by atoms with Gasteiger partial charge in [-0.05, 0) is 36.6 Å². The van der Waals surface area contributed by atoms with Gasteiger partial charge < -0.3 is 9.64 Å². The van der Waals surface area contributed by atoms with Gasteiger partial charge in [0, 0.05) is 31.3 Å². The van der Waals surface area contributed by atoms with Crippen LogP contribution in [0.3, 0.4) is 0 Å². The Labute approximate surface area is 130 Å². The highest BCUT2D eigenvalue weighted by Crippen LogP contribution is 2.30. The lowest BCUT2D eigenvalue weighted by molar-refractivity contribution is 0.0479. The predicted molar refractivity (Wildman–Crippen MR) is 84.7 cm³/mol. The molecule has 1 aromatic carbocycles. The molecule has 4 rings (SSSR count). The van der Waals surface area contributed by atoms with Crippen LogP contribution in [0.25, 0.3) is 10.8 Å². The second-order valence-electron chi connectivity index (χ2n) is 6.32. The molecule has 114 valence electrons. The number of carbonyl (C=O) groups excluding carboxylic acids is 1. The topological polar surface area (TPSA) is 42.4 Å². The highest BCUT2D eigenvalue weighted by atomic mass is 16.5. The standard InChI is InChI=1S/C18H20N2O2/c21-18(17-16-4-2-1-3-14(16)7-9-19-17)20-10-8-15(11-20)22-12-13-5-6-13/h1-4,7,9,13,15H,5-6,8,10-12H2. The van der Waals surface area contributed by atoms with Crippen molar-refractivity contribution in [3.63, 3.8) is 0 Å². The Balaban J connectivity index is 1.49. The number of benzene rings is 1. The Morgan fingerprint density at radius 2 is 2.09 bits per heavy atom. The number of nitrogens with zero attached hydrogens (tertiary/aromatic N) is 2. The second kappa shape index (κ2) is 5.69. The lowest BCUT2D eigenvalue weighted by atomic mass is 10.1. The monoisotopic (exact) mass is 296 g/mol. The fourth-order valence-corrected chi connectivity index (χ4v) is 3.05. The summed E-state index contributed by atoms with van der Waals surface area (Å²) in [4.78, 5) is 19.0. The van der Waals surface area contributed by atoms with Crippen molar-refractivity contribution in [1.29, 1.82) is 0 Å². The zero-order valence-electron chi connectivity index (χ0n) is 12.6. The Morgan fingerprint density at radius 3 is 2.95 bits per heavy atom. The number of hydrogen-bond acceptors (Lipinski definition) is 3. The Bertz CT molecular complexity index is 691. The maximum absolute atomic E-state index is 12.8. The molecular weight excluding hydrogens is 276 g/mol. The molecule has 0 radical (unpaired) electrons. The van der Waals surface area contributed by atoms with Gasteiger partial charge in [0.15, 0.2) is 0 Å². The van der Waals surface area contributed by atoms with E-state index in [0.717, 1.165) is 36.3 Å². The van der Waals surface area contributed by atoms with Crippen LogP contribution in [0.5, 0.6) is 0 Å². The van der Waals surface area contributed by atoms with Crippen LogP contribution in [0, 0.1) is 5.92 Å². The van der Waals surface area contributed by atoms with E-state index >= 15 is 0 Å². The lowest BCUT2D eigenvalue weighted by Crippen LogP contribution is -2.31. The third-order valence-corrected chi connectivity index (χ3v) is 4.57. The Hall–Kier alpha value is -1.94. The zero-order chi connectivity index (χ0) is 14.9. The number of fused-ring (bicyclic) bond motifs is 1. The SMILES string of the molecule is O=C(c1nccc2ccccc12)N1CCC(OCC2CC2)C1. The van der Waals surface area contributed by atoms with Crippen LogP contribution in [-0.2, 0) is 4.74 Å². The first-order valence-corrected chi connectivity index (χ1v) is 8.06. The largest absolute Gasteiger partial charge is 0.376 e. The van der Waals surface area contributed by atoms with Crippen molar-refractivity contribution in [2.75, 3.05) is 19.7 Å². The molecular formula is C18H20N2O2. The van der Waals surface area contributed by atoms with Gasteiger partial charge >= 0.3 is 0 Å². The summed E-state index contributed by atoms with van der Waals surface area (Å²) in [5.41, 5.74) is 0.556. The minimum absolute atomic E-state index is 0.0225. The first-order chi connectivity index (χ1) is 10.8. The maximum atomic E-state index is 12.8. The van der Waals surface area contributed by atoms with Crippen molar-refractivity contribution in [2.24, 2.45) is 5.92 Å². The number of rotatable bonds is 4. The molecule has 0 spiro atoms. The fourth-order valence-electron chi connectivity index (χ4n) is 3.05. The summed E-state index contributed by atoms with van der Waals surface area (Å²) in [5, 5.41) is 1.99. The maximum Gasteiger partial charge on any atom is 0.273 e. The molecule has 2 aliphatic rings. The molecule has 22 heavy (non-hydrogen) atoms. The quantitative estimate of drug-likeness (QED) is 0.871. The van der Waals surface area contributed by atoms with Gasteiger partial charge in [0.2, 0.25) is 0 Å². The highest BCUT2D eigenvalue weighted by molar-refractivity contribution is 6.05. The number of carbonyl (C=O) groups is 1. The molecule has 1 atom stereocenters. The number of amides is 1. The number of ether oxygens (including phenoxy) is 1. The van der Waals surface area contributed by atoms with E-state index in [-0.39, 0.29) is 12.0 Å². The molecule has 2 aromatic rings. The number of hydrogen-bond donors (Lipinski definition) is 0. The van der Waals surface area contributed by atoms with Gasteiger partial charge in [-0.25, -0.2) is 0 Å². The lowest BCUT2D eigenvalue weighted by Gasteiger charge is -2.17. The van der Waals surface area contributed by atoms with Crippen LogP contribution in [0.1, 0.15) is 29.8 Å². The molecule has 1 amide bonds. The molecule has 1 aliphatic carbocycles. The van der Waals surface area contributed by atoms with Crippen molar-refractivity contribution in [3.8, 4) is 0 Å². The summed E-state index contributed by atoms with van der Waals surface area (Å²) in [5.74, 6) is 0.791. The normalized spacial score (nSPS) is 21.5. The van der Waals surface area contributed by atoms with Gasteiger partial charge in [0.25, 0.3) is 5.91 Å². The van der Waals surface area contributed by atoms with Gasteiger partial charge in [-0.2, -0.15) is 0 Å². The molecule has 0 bridgehead atoms. The van der Waals surface area contributed by atoms with Gasteiger partial charge in [-0.1, -0.05) is 24.3 Å². The summed E-state index contributed by atoms with van der Waals surface area (Å²) >= 11 is 0. The molecule has 1 saturated heterocycles. The Morgan fingerprint density at radius 1 is 1.23 bits per heavy atom. The van der Waals surface area contributed by atoms with E-state index in [4.69, 9.17) is 4.74 Å². The van der Waals surface area contributed by atoms with Crippen molar-refractivity contribution in [3.05, 3.63) is 42.2 Å². The second-order valence-corrected chi connectivity index (χ2v) is 6.32. The van der Waals surface area contributed by atoms with E-state index in [1.54, 1.807) is 6.20 Å². The minimum atomic E-state index is 0.0225. The predicted octanol–water partition coefficient (Wildman–Crippen LogP) is 2.88. The molecule has 1 aromatic heterocycles. The molecule has 0 N–H and O–H groups in total. The van der Waals surface area contributed by atoms with Gasteiger partial charge in [0.05, 0.1) is 6.10 Å². The summed E-state index contributed by atoms with van der Waals surface area (Å²) < 4.78 is 5.92. The molecule has 1 aliphatic heterocycles. The molecule has 4 nitrogen and oxygen atoms in total. The summed E-state index contributed by atoms with van der Waals surface area (Å²) in [6.07, 6.45) is 5.44. The number of aromatic nitrogens is 1. The number of likely N-dealkylation sites (tertiary alicyclic amines) is 1. The molecule has 2 fully saturated rings. The van der Waals surface area contributed by atoms with Crippen molar-refractivity contribution in [2.45, 2.75) is 25.4 Å². The van der Waals surface area contributed by atoms with Crippen LogP contribution in [-0.4, -0.2) is 41.6 Å². The third kappa shape index (κ3) is 2.71. The van der Waals surface area contributed by atoms with Crippen LogP contribution in [0.2, 0.25) is 0 Å². The van der Waals surface area contributed by atoms with Crippen molar-refractivity contribution in [1.82, 2.24) is 9.88 Å². The van der Waals surface area contributed by atoms with Crippen LogP contribution < -0.4 is 0 Å². The average Bonchev–Trinajstić information content (AvgIpc) is 3.28. The van der Waals surface area contributed by atoms with E-state index in [1.165, 1.54) is 12.8 Å². The molecule has 4 heteroatoms. The summed E-state index contributed by atoms with van der Waals surface area (Å²) in [6.45, 7) is 2.31. The van der Waals surface area contributed by atoms with Gasteiger partial charge in [-0.3, -0.25) is 9.78 Å². The van der Waals surface area contributed by atoms with E-state index in [9.17, 15) is 4.79 Å². The highest BCUT2D eigenvalue weighted by Gasteiger charge is 2.30. The van der Waals surface area contributed by atoms with Gasteiger partial charge in [-0.15, -0.1) is 0 Å². The Kier molecular flexibility index (Phi) is 3.54. The van der Waals surface area contributed by atoms with Crippen LogP contribution >= 0.6 is 0 Å². The smallest absolute Gasteiger partial charge is 0.273 e. The summed E-state index contributed by atoms with van der Waals surface area (Å²) in [6, 6.07) is 9.85. The van der Waals surface area contributed by atoms with E-state index < -0.39 is 0 Å². The fraction of sp³-hybridized carbons (Fsp3) is 0.444. The van der Waals surface area contributed by atoms with Crippen molar-refractivity contribution < 1.29 is 9.53 Å².